The molecule has 0 radical (unpaired) electrons. The zero-order valence-electron chi connectivity index (χ0n) is 12.8. The minimum absolute atomic E-state index is 0.00267. The Morgan fingerprint density at radius 2 is 2.04 bits per heavy atom. The van der Waals surface area contributed by atoms with Crippen molar-refractivity contribution in [3.63, 3.8) is 0 Å². The van der Waals surface area contributed by atoms with E-state index < -0.39 is 0 Å². The first kappa shape index (κ1) is 14.1. The number of carbonyl (C=O) groups excluding carboxylic acids is 1. The third kappa shape index (κ3) is 2.65. The minimum Gasteiger partial charge on any atom is -0.490 e. The summed E-state index contributed by atoms with van der Waals surface area (Å²) in [6.07, 6.45) is 4.45. The van der Waals surface area contributed by atoms with Crippen molar-refractivity contribution in [1.82, 2.24) is 15.1 Å². The summed E-state index contributed by atoms with van der Waals surface area (Å²) >= 11 is 0. The Labute approximate surface area is 134 Å². The second kappa shape index (κ2) is 5.95. The maximum absolute atomic E-state index is 12.6. The standard InChI is InChI=1S/C17H19N3O3/c21-17(13-6-7-18-19-13)20-8-1-3-14(20)12-4-5-15-16(11-12)23-10-2-9-22-15/h4-7,11,14H,1-3,8-10H2,(H,18,19). The van der Waals surface area contributed by atoms with Crippen LogP contribution in [0.2, 0.25) is 0 Å². The van der Waals surface area contributed by atoms with Crippen LogP contribution in [0, 0.1) is 0 Å². The number of hydrogen-bond donors (Lipinski definition) is 1. The van der Waals surface area contributed by atoms with E-state index in [0.29, 0.717) is 18.9 Å². The van der Waals surface area contributed by atoms with Crippen molar-refractivity contribution in [1.29, 1.82) is 0 Å². The van der Waals surface area contributed by atoms with Gasteiger partial charge in [-0.3, -0.25) is 9.89 Å². The Kier molecular flexibility index (Phi) is 3.65. The lowest BCUT2D eigenvalue weighted by atomic mass is 10.0. The van der Waals surface area contributed by atoms with Crippen LogP contribution in [0.25, 0.3) is 0 Å². The van der Waals surface area contributed by atoms with E-state index in [9.17, 15) is 4.79 Å². The van der Waals surface area contributed by atoms with Gasteiger partial charge in [-0.2, -0.15) is 5.10 Å². The van der Waals surface area contributed by atoms with E-state index in [4.69, 9.17) is 9.47 Å². The maximum atomic E-state index is 12.6. The summed E-state index contributed by atoms with van der Waals surface area (Å²) in [5.74, 6) is 1.56. The molecule has 1 unspecified atom stereocenters. The summed E-state index contributed by atoms with van der Waals surface area (Å²) in [6, 6.07) is 7.79. The van der Waals surface area contributed by atoms with Crippen LogP contribution < -0.4 is 9.47 Å². The number of fused-ring (bicyclic) bond motifs is 1. The number of aromatic nitrogens is 2. The van der Waals surface area contributed by atoms with Crippen molar-refractivity contribution in [3.05, 3.63) is 41.7 Å². The second-order valence-corrected chi connectivity index (χ2v) is 5.88. The van der Waals surface area contributed by atoms with Crippen molar-refractivity contribution < 1.29 is 14.3 Å². The maximum Gasteiger partial charge on any atom is 0.272 e. The largest absolute Gasteiger partial charge is 0.490 e. The fourth-order valence-corrected chi connectivity index (χ4v) is 3.27. The lowest BCUT2D eigenvalue weighted by Crippen LogP contribution is -2.30. The molecular formula is C17H19N3O3. The smallest absolute Gasteiger partial charge is 0.272 e. The van der Waals surface area contributed by atoms with Gasteiger partial charge in [-0.1, -0.05) is 6.07 Å². The molecule has 0 bridgehead atoms. The molecule has 1 aromatic heterocycles. The molecule has 23 heavy (non-hydrogen) atoms. The first-order valence-electron chi connectivity index (χ1n) is 8.03. The summed E-state index contributed by atoms with van der Waals surface area (Å²) in [7, 11) is 0. The average molecular weight is 313 g/mol. The van der Waals surface area contributed by atoms with Gasteiger partial charge in [0, 0.05) is 19.2 Å². The molecule has 1 atom stereocenters. The molecule has 2 aromatic rings. The number of nitrogens with one attached hydrogen (secondary N) is 1. The zero-order valence-corrected chi connectivity index (χ0v) is 12.8. The summed E-state index contributed by atoms with van der Waals surface area (Å²) in [5.41, 5.74) is 1.63. The lowest BCUT2D eigenvalue weighted by molar-refractivity contribution is 0.0729. The summed E-state index contributed by atoms with van der Waals surface area (Å²) in [5, 5.41) is 6.63. The van der Waals surface area contributed by atoms with Crippen LogP contribution in [0.3, 0.4) is 0 Å². The monoisotopic (exact) mass is 313 g/mol. The van der Waals surface area contributed by atoms with Crippen LogP contribution in [-0.2, 0) is 0 Å². The van der Waals surface area contributed by atoms with Gasteiger partial charge in [0.1, 0.15) is 5.69 Å². The fourth-order valence-electron chi connectivity index (χ4n) is 3.27. The lowest BCUT2D eigenvalue weighted by Gasteiger charge is -2.25. The second-order valence-electron chi connectivity index (χ2n) is 5.88. The van der Waals surface area contributed by atoms with Crippen molar-refractivity contribution in [2.75, 3.05) is 19.8 Å². The van der Waals surface area contributed by atoms with Gasteiger partial charge in [0.05, 0.1) is 19.3 Å². The number of likely N-dealkylation sites (tertiary alicyclic amines) is 1. The first-order chi connectivity index (χ1) is 11.3. The summed E-state index contributed by atoms with van der Waals surface area (Å²) in [4.78, 5) is 14.5. The van der Waals surface area contributed by atoms with Crippen LogP contribution >= 0.6 is 0 Å². The molecule has 1 fully saturated rings. The molecule has 0 spiro atoms. The minimum atomic E-state index is -0.00267. The Hall–Kier alpha value is -2.50. The van der Waals surface area contributed by atoms with Crippen molar-refractivity contribution in [3.8, 4) is 11.5 Å². The quantitative estimate of drug-likeness (QED) is 0.925. The van der Waals surface area contributed by atoms with Crippen molar-refractivity contribution in [2.24, 2.45) is 0 Å². The third-order valence-electron chi connectivity index (χ3n) is 4.40. The van der Waals surface area contributed by atoms with E-state index >= 15 is 0 Å². The van der Waals surface area contributed by atoms with E-state index in [-0.39, 0.29) is 11.9 Å². The van der Waals surface area contributed by atoms with E-state index in [0.717, 1.165) is 42.9 Å². The molecular weight excluding hydrogens is 294 g/mol. The number of benzene rings is 1. The highest BCUT2D eigenvalue weighted by Gasteiger charge is 2.31. The number of amides is 1. The first-order valence-corrected chi connectivity index (χ1v) is 8.03. The van der Waals surface area contributed by atoms with Gasteiger partial charge >= 0.3 is 0 Å². The number of rotatable bonds is 2. The predicted molar refractivity (Wildman–Crippen MR) is 83.6 cm³/mol. The molecule has 0 saturated carbocycles. The molecule has 1 saturated heterocycles. The molecule has 1 amide bonds. The molecule has 4 rings (SSSR count). The van der Waals surface area contributed by atoms with Crippen molar-refractivity contribution >= 4 is 5.91 Å². The Morgan fingerprint density at radius 1 is 1.17 bits per heavy atom. The number of nitrogens with zero attached hydrogens (tertiary/aromatic N) is 2. The third-order valence-corrected chi connectivity index (χ3v) is 4.40. The van der Waals surface area contributed by atoms with Crippen LogP contribution in [0.1, 0.15) is 41.4 Å². The zero-order chi connectivity index (χ0) is 15.6. The van der Waals surface area contributed by atoms with E-state index in [1.165, 1.54) is 0 Å². The molecule has 6 heteroatoms. The van der Waals surface area contributed by atoms with Crippen LogP contribution in [0.5, 0.6) is 11.5 Å². The Balaban J connectivity index is 1.61. The van der Waals surface area contributed by atoms with Gasteiger partial charge in [-0.15, -0.1) is 0 Å². The summed E-state index contributed by atoms with van der Waals surface area (Å²) < 4.78 is 11.5. The van der Waals surface area contributed by atoms with Gasteiger partial charge in [0.25, 0.3) is 5.91 Å². The molecule has 120 valence electrons. The van der Waals surface area contributed by atoms with Crippen molar-refractivity contribution in [2.45, 2.75) is 25.3 Å². The highest BCUT2D eigenvalue weighted by atomic mass is 16.5. The van der Waals surface area contributed by atoms with Crippen LogP contribution in [-0.4, -0.2) is 40.8 Å². The SMILES string of the molecule is O=C(c1ccn[nH]1)N1CCCC1c1ccc2c(c1)OCCCO2. The van der Waals surface area contributed by atoms with E-state index in [2.05, 4.69) is 10.2 Å². The number of hydrogen-bond acceptors (Lipinski definition) is 4. The highest BCUT2D eigenvalue weighted by Crippen LogP contribution is 2.38. The Morgan fingerprint density at radius 3 is 2.87 bits per heavy atom. The van der Waals surface area contributed by atoms with E-state index in [1.54, 1.807) is 12.3 Å². The average Bonchev–Trinajstić information content (AvgIpc) is 3.22. The molecule has 2 aliphatic heterocycles. The number of carbonyl (C=O) groups is 1. The van der Waals surface area contributed by atoms with Crippen LogP contribution in [0.15, 0.2) is 30.5 Å². The van der Waals surface area contributed by atoms with Gasteiger partial charge < -0.3 is 14.4 Å². The molecule has 2 aliphatic rings. The van der Waals surface area contributed by atoms with E-state index in [1.807, 2.05) is 23.1 Å². The van der Waals surface area contributed by atoms with Gasteiger partial charge in [0.15, 0.2) is 11.5 Å². The van der Waals surface area contributed by atoms with Gasteiger partial charge in [0.2, 0.25) is 0 Å². The summed E-state index contributed by atoms with van der Waals surface area (Å²) in [6.45, 7) is 2.11. The topological polar surface area (TPSA) is 67.5 Å². The van der Waals surface area contributed by atoms with Crippen LogP contribution in [0.4, 0.5) is 0 Å². The Bertz CT molecular complexity index is 699. The predicted octanol–water partition coefficient (Wildman–Crippen LogP) is 2.55. The number of ether oxygens (including phenoxy) is 2. The normalized spacial score (nSPS) is 20.3. The molecule has 1 aromatic carbocycles. The van der Waals surface area contributed by atoms with Gasteiger partial charge in [-0.25, -0.2) is 0 Å². The fraction of sp³-hybridized carbons (Fsp3) is 0.412. The molecule has 1 N–H and O–H groups in total. The van der Waals surface area contributed by atoms with Gasteiger partial charge in [-0.05, 0) is 36.6 Å². The molecule has 6 nitrogen and oxygen atoms in total. The highest BCUT2D eigenvalue weighted by molar-refractivity contribution is 5.92. The molecule has 3 heterocycles. The number of aromatic amines is 1. The number of H-pyrrole nitrogens is 1. The molecule has 0 aliphatic carbocycles.